The van der Waals surface area contributed by atoms with Gasteiger partial charge in [0.1, 0.15) is 8.07 Å². The summed E-state index contributed by atoms with van der Waals surface area (Å²) in [5, 5.41) is 5.54. The number of hydrogen-bond acceptors (Lipinski definition) is 1. The molecule has 0 saturated heterocycles. The highest BCUT2D eigenvalue weighted by Gasteiger charge is 2.36. The largest absolute Gasteiger partial charge is 0.434 e. The van der Waals surface area contributed by atoms with Gasteiger partial charge in [-0.05, 0) is 6.92 Å². The molecule has 1 heterocycles. The van der Waals surface area contributed by atoms with Crippen molar-refractivity contribution in [3.8, 4) is 11.5 Å². The fourth-order valence-corrected chi connectivity index (χ4v) is 1.54. The van der Waals surface area contributed by atoms with Crippen LogP contribution in [0.4, 0.5) is 13.2 Å². The second-order valence-electron chi connectivity index (χ2n) is 4.56. The highest BCUT2D eigenvalue weighted by atomic mass is 28.3. The summed E-state index contributed by atoms with van der Waals surface area (Å²) in [5.74, 6) is 2.61. The summed E-state index contributed by atoms with van der Waals surface area (Å²) >= 11 is 0. The van der Waals surface area contributed by atoms with Gasteiger partial charge >= 0.3 is 6.18 Å². The molecule has 1 N–H and O–H groups in total. The van der Waals surface area contributed by atoms with E-state index in [1.165, 1.54) is 6.92 Å². The number of nitrogens with zero attached hydrogens (tertiary/aromatic N) is 1. The Hall–Kier alpha value is -1.22. The average molecular weight is 246 g/mol. The van der Waals surface area contributed by atoms with E-state index in [-0.39, 0.29) is 11.3 Å². The van der Waals surface area contributed by atoms with E-state index in [4.69, 9.17) is 0 Å². The number of hydrogen-bond donors (Lipinski definition) is 1. The lowest BCUT2D eigenvalue weighted by atomic mass is 10.2. The van der Waals surface area contributed by atoms with Crippen molar-refractivity contribution >= 4 is 8.07 Å². The van der Waals surface area contributed by atoms with Crippen LogP contribution in [0.3, 0.4) is 0 Å². The molecule has 88 valence electrons. The Morgan fingerprint density at radius 1 is 1.25 bits per heavy atom. The molecule has 0 atom stereocenters. The van der Waals surface area contributed by atoms with Gasteiger partial charge in [-0.1, -0.05) is 25.6 Å². The van der Waals surface area contributed by atoms with E-state index in [2.05, 4.69) is 16.6 Å². The molecule has 0 unspecified atom stereocenters. The quantitative estimate of drug-likeness (QED) is 0.553. The van der Waals surface area contributed by atoms with Crippen LogP contribution in [0, 0.1) is 18.4 Å². The summed E-state index contributed by atoms with van der Waals surface area (Å²) in [6, 6.07) is 0. The molecule has 1 aromatic heterocycles. The fraction of sp³-hybridized carbons (Fsp3) is 0.500. The predicted molar refractivity (Wildman–Crippen MR) is 58.6 cm³/mol. The molecule has 0 aliphatic carbocycles. The topological polar surface area (TPSA) is 28.7 Å². The zero-order chi connectivity index (χ0) is 12.6. The zero-order valence-corrected chi connectivity index (χ0v) is 10.6. The minimum atomic E-state index is -4.43. The minimum Gasteiger partial charge on any atom is -0.272 e. The monoisotopic (exact) mass is 246 g/mol. The van der Waals surface area contributed by atoms with Gasteiger partial charge < -0.3 is 0 Å². The summed E-state index contributed by atoms with van der Waals surface area (Å²) < 4.78 is 37.7. The van der Waals surface area contributed by atoms with Gasteiger partial charge in [0.15, 0.2) is 5.69 Å². The second kappa shape index (κ2) is 3.98. The first-order valence-electron chi connectivity index (χ1n) is 4.76. The first-order valence-corrected chi connectivity index (χ1v) is 8.26. The highest BCUT2D eigenvalue weighted by molar-refractivity contribution is 6.83. The molecule has 0 saturated carbocycles. The molecule has 16 heavy (non-hydrogen) atoms. The van der Waals surface area contributed by atoms with E-state index in [0.29, 0.717) is 0 Å². The third kappa shape index (κ3) is 3.13. The average Bonchev–Trinajstić information content (AvgIpc) is 2.41. The van der Waals surface area contributed by atoms with Gasteiger partial charge in [-0.3, -0.25) is 5.10 Å². The van der Waals surface area contributed by atoms with Crippen molar-refractivity contribution in [1.29, 1.82) is 0 Å². The first-order chi connectivity index (χ1) is 7.11. The van der Waals surface area contributed by atoms with Crippen molar-refractivity contribution in [2.75, 3.05) is 0 Å². The number of rotatable bonds is 0. The maximum Gasteiger partial charge on any atom is 0.434 e. The SMILES string of the molecule is Cc1n[nH]c(C(F)(F)F)c1C#C[Si](C)(C)C. The van der Waals surface area contributed by atoms with Crippen LogP contribution in [0.2, 0.25) is 19.6 Å². The standard InChI is InChI=1S/C10H13F3N2Si/c1-7-8(5-6-16(2,3)4)9(15-14-7)10(11,12)13/h1-4H3,(H,14,15). The number of aromatic amines is 1. The molecule has 0 fully saturated rings. The van der Waals surface area contributed by atoms with Crippen LogP contribution in [0.5, 0.6) is 0 Å². The van der Waals surface area contributed by atoms with Crippen LogP contribution in [-0.4, -0.2) is 18.3 Å². The molecular formula is C10H13F3N2Si. The van der Waals surface area contributed by atoms with Crippen molar-refractivity contribution in [3.63, 3.8) is 0 Å². The summed E-state index contributed by atoms with van der Waals surface area (Å²) in [5.41, 5.74) is 2.31. The van der Waals surface area contributed by atoms with E-state index < -0.39 is 19.9 Å². The van der Waals surface area contributed by atoms with Gasteiger partial charge in [-0.15, -0.1) is 5.54 Å². The lowest BCUT2D eigenvalue weighted by Crippen LogP contribution is -2.16. The number of nitrogens with one attached hydrogen (secondary N) is 1. The summed E-state index contributed by atoms with van der Waals surface area (Å²) in [6.45, 7) is 7.44. The van der Waals surface area contributed by atoms with Gasteiger partial charge in [0.2, 0.25) is 0 Å². The first kappa shape index (κ1) is 12.8. The third-order valence-electron chi connectivity index (χ3n) is 1.79. The van der Waals surface area contributed by atoms with Crippen LogP contribution < -0.4 is 0 Å². The number of aromatic nitrogens is 2. The van der Waals surface area contributed by atoms with Gasteiger partial charge in [-0.25, -0.2) is 0 Å². The van der Waals surface area contributed by atoms with Crippen LogP contribution >= 0.6 is 0 Å². The van der Waals surface area contributed by atoms with Crippen LogP contribution in [0.25, 0.3) is 0 Å². The van der Waals surface area contributed by atoms with Gasteiger partial charge in [0.25, 0.3) is 0 Å². The van der Waals surface area contributed by atoms with Crippen LogP contribution in [0.1, 0.15) is 17.0 Å². The van der Waals surface area contributed by atoms with Gasteiger partial charge in [-0.2, -0.15) is 18.3 Å². The molecule has 0 aliphatic rings. The molecule has 6 heteroatoms. The van der Waals surface area contributed by atoms with Crippen molar-refractivity contribution in [2.24, 2.45) is 0 Å². The summed E-state index contributed by atoms with van der Waals surface area (Å²) in [6.07, 6.45) is -4.43. The maximum atomic E-state index is 12.6. The Morgan fingerprint density at radius 2 is 1.81 bits per heavy atom. The maximum absolute atomic E-state index is 12.6. The van der Waals surface area contributed by atoms with E-state index in [9.17, 15) is 13.2 Å². The normalized spacial score (nSPS) is 12.2. The van der Waals surface area contributed by atoms with E-state index >= 15 is 0 Å². The molecule has 0 radical (unpaired) electrons. The highest BCUT2D eigenvalue weighted by Crippen LogP contribution is 2.30. The predicted octanol–water partition coefficient (Wildman–Crippen LogP) is 2.97. The smallest absolute Gasteiger partial charge is 0.272 e. The summed E-state index contributed by atoms with van der Waals surface area (Å²) in [7, 11) is -1.69. The molecule has 0 aliphatic heterocycles. The Balaban J connectivity index is 3.22. The van der Waals surface area contributed by atoms with E-state index in [1.807, 2.05) is 24.7 Å². The van der Waals surface area contributed by atoms with Crippen LogP contribution in [0.15, 0.2) is 0 Å². The van der Waals surface area contributed by atoms with E-state index in [1.54, 1.807) is 0 Å². The molecule has 1 rings (SSSR count). The molecule has 2 nitrogen and oxygen atoms in total. The second-order valence-corrected chi connectivity index (χ2v) is 9.31. The van der Waals surface area contributed by atoms with Crippen molar-refractivity contribution in [3.05, 3.63) is 17.0 Å². The molecule has 0 aromatic carbocycles. The molecular weight excluding hydrogens is 233 g/mol. The Morgan fingerprint density at radius 3 is 2.25 bits per heavy atom. The van der Waals surface area contributed by atoms with Crippen molar-refractivity contribution < 1.29 is 13.2 Å². The van der Waals surface area contributed by atoms with Gasteiger partial charge in [0.05, 0.1) is 11.3 Å². The van der Waals surface area contributed by atoms with Crippen LogP contribution in [-0.2, 0) is 6.18 Å². The Bertz CT molecular complexity index is 443. The number of alkyl halides is 3. The molecule has 0 bridgehead atoms. The minimum absolute atomic E-state index is 0.0325. The van der Waals surface area contributed by atoms with Crippen molar-refractivity contribution in [1.82, 2.24) is 10.2 Å². The summed E-state index contributed by atoms with van der Waals surface area (Å²) in [4.78, 5) is 0. The van der Waals surface area contributed by atoms with E-state index in [0.717, 1.165) is 0 Å². The fourth-order valence-electron chi connectivity index (χ4n) is 1.04. The molecule has 0 spiro atoms. The zero-order valence-electron chi connectivity index (χ0n) is 9.58. The van der Waals surface area contributed by atoms with Crippen molar-refractivity contribution in [2.45, 2.75) is 32.7 Å². The lowest BCUT2D eigenvalue weighted by molar-refractivity contribution is -0.141. The van der Waals surface area contributed by atoms with Gasteiger partial charge in [0, 0.05) is 0 Å². The Labute approximate surface area is 93.3 Å². The number of aryl methyl sites for hydroxylation is 1. The molecule has 0 amide bonds. The Kier molecular flexibility index (Phi) is 3.19. The number of halogens is 3. The number of H-pyrrole nitrogens is 1. The molecule has 1 aromatic rings. The third-order valence-corrected chi connectivity index (χ3v) is 2.67. The lowest BCUT2D eigenvalue weighted by Gasteiger charge is -2.05.